The predicted molar refractivity (Wildman–Crippen MR) is 130 cm³/mol. The van der Waals surface area contributed by atoms with Crippen LogP contribution in [0.4, 0.5) is 22.0 Å². The molecule has 0 saturated carbocycles. The zero-order valence-electron chi connectivity index (χ0n) is 20.7. The van der Waals surface area contributed by atoms with E-state index in [1.54, 1.807) is 12.1 Å². The first-order valence-electron chi connectivity index (χ1n) is 11.4. The van der Waals surface area contributed by atoms with E-state index in [1.165, 1.54) is 13.0 Å². The fourth-order valence-corrected chi connectivity index (χ4v) is 3.12. The number of hydrogen-bond donors (Lipinski definition) is 3. The maximum Gasteiger partial charge on any atom is 0.490 e. The zero-order chi connectivity index (χ0) is 30.0. The number of hydrogen-bond acceptors (Lipinski definition) is 7. The van der Waals surface area contributed by atoms with Crippen LogP contribution in [0.2, 0.25) is 0 Å². The lowest BCUT2D eigenvalue weighted by atomic mass is 9.99. The number of nitrogens with two attached hydrogens (primary N) is 1. The van der Waals surface area contributed by atoms with Crippen molar-refractivity contribution in [2.75, 3.05) is 0 Å². The molecule has 0 aliphatic carbocycles. The van der Waals surface area contributed by atoms with Gasteiger partial charge in [-0.1, -0.05) is 31.2 Å². The Morgan fingerprint density at radius 3 is 2.17 bits per heavy atom. The first kappa shape index (κ1) is 31.6. The highest BCUT2D eigenvalue weighted by Gasteiger charge is 2.38. The molecular formula is C26H23F5N2O7. The van der Waals surface area contributed by atoms with Gasteiger partial charge in [0.2, 0.25) is 0 Å². The van der Waals surface area contributed by atoms with Crippen LogP contribution in [0, 0.1) is 11.6 Å². The van der Waals surface area contributed by atoms with Crippen molar-refractivity contribution < 1.29 is 56.0 Å². The summed E-state index contributed by atoms with van der Waals surface area (Å²) >= 11 is 0. The number of carboxylic acid groups (broad SMARTS) is 2. The Kier molecular flexibility index (Phi) is 11.1. The largest absolute Gasteiger partial charge is 0.490 e. The molecule has 0 spiro atoms. The van der Waals surface area contributed by atoms with E-state index < -0.39 is 47.6 Å². The second-order valence-electron chi connectivity index (χ2n) is 7.96. The molecular weight excluding hydrogens is 547 g/mol. The summed E-state index contributed by atoms with van der Waals surface area (Å²) in [6.07, 6.45) is -5.59. The molecule has 0 amide bonds. The number of carbonyl (C=O) groups excluding carboxylic acids is 1. The summed E-state index contributed by atoms with van der Waals surface area (Å²) in [7, 11) is 0. The molecule has 1 aromatic heterocycles. The number of halogens is 5. The van der Waals surface area contributed by atoms with E-state index in [4.69, 9.17) is 30.2 Å². The van der Waals surface area contributed by atoms with Gasteiger partial charge in [0, 0.05) is 19.0 Å². The molecule has 0 fully saturated rings. The Bertz CT molecular complexity index is 1370. The van der Waals surface area contributed by atoms with E-state index in [2.05, 4.69) is 4.98 Å². The molecule has 214 valence electrons. The van der Waals surface area contributed by atoms with Gasteiger partial charge in [-0.3, -0.25) is 0 Å². The van der Waals surface area contributed by atoms with E-state index in [0.717, 1.165) is 17.4 Å². The maximum atomic E-state index is 14.4. The summed E-state index contributed by atoms with van der Waals surface area (Å²) in [5.74, 6) is -7.47. The molecule has 40 heavy (non-hydrogen) atoms. The number of ether oxygens (including phenoxy) is 2. The van der Waals surface area contributed by atoms with Gasteiger partial charge < -0.3 is 30.2 Å². The molecule has 0 radical (unpaired) electrons. The fraction of sp³-hybridized carbons (Fsp3) is 0.231. The van der Waals surface area contributed by atoms with Crippen LogP contribution < -0.4 is 15.2 Å². The Labute approximate surface area is 224 Å². The Morgan fingerprint density at radius 2 is 1.62 bits per heavy atom. The zero-order valence-corrected chi connectivity index (χ0v) is 20.7. The van der Waals surface area contributed by atoms with Gasteiger partial charge in [0.25, 0.3) is 11.8 Å². The van der Waals surface area contributed by atoms with Crippen molar-refractivity contribution in [3.05, 3.63) is 71.3 Å². The molecule has 0 aliphatic rings. The van der Waals surface area contributed by atoms with Gasteiger partial charge in [-0.05, 0) is 46.9 Å². The average Bonchev–Trinajstić information content (AvgIpc) is 2.89. The lowest BCUT2D eigenvalue weighted by Crippen LogP contribution is -2.26. The third-order valence-electron chi connectivity index (χ3n) is 5.00. The highest BCUT2D eigenvalue weighted by Crippen LogP contribution is 2.32. The second kappa shape index (κ2) is 14.0. The molecule has 3 rings (SSSR count). The SMILES string of the molecule is CC[C@@H](Oc1nc(Oc2cc(CC=O)cc(-c3cccc(CN)c3)c2)c(F)cc1F)C(=O)O.O=C(O)C(F)(F)F. The molecule has 3 aromatic rings. The summed E-state index contributed by atoms with van der Waals surface area (Å²) in [4.78, 5) is 34.9. The van der Waals surface area contributed by atoms with Crippen LogP contribution in [-0.4, -0.2) is 45.7 Å². The lowest BCUT2D eigenvalue weighted by Gasteiger charge is -2.15. The van der Waals surface area contributed by atoms with Crippen molar-refractivity contribution >= 4 is 18.2 Å². The molecule has 0 saturated heterocycles. The summed E-state index contributed by atoms with van der Waals surface area (Å²) in [6.45, 7) is 1.88. The van der Waals surface area contributed by atoms with Gasteiger partial charge in [-0.15, -0.1) is 0 Å². The van der Waals surface area contributed by atoms with E-state index in [1.807, 2.05) is 24.3 Å². The normalized spacial score (nSPS) is 11.6. The van der Waals surface area contributed by atoms with Gasteiger partial charge in [0.05, 0.1) is 0 Å². The molecule has 0 bridgehead atoms. The molecule has 0 unspecified atom stereocenters. The number of rotatable bonds is 10. The Hall–Kier alpha value is -4.59. The number of aliphatic carboxylic acids is 2. The summed E-state index contributed by atoms with van der Waals surface area (Å²) in [5.41, 5.74) is 8.71. The van der Waals surface area contributed by atoms with Crippen molar-refractivity contribution in [1.82, 2.24) is 4.98 Å². The Balaban J connectivity index is 0.000000708. The van der Waals surface area contributed by atoms with Gasteiger partial charge in [0.15, 0.2) is 17.7 Å². The highest BCUT2D eigenvalue weighted by atomic mass is 19.4. The molecule has 1 atom stereocenters. The van der Waals surface area contributed by atoms with E-state index >= 15 is 0 Å². The van der Waals surface area contributed by atoms with Crippen LogP contribution >= 0.6 is 0 Å². The van der Waals surface area contributed by atoms with Crippen molar-refractivity contribution in [1.29, 1.82) is 0 Å². The van der Waals surface area contributed by atoms with Crippen LogP contribution in [0.1, 0.15) is 24.5 Å². The molecule has 1 heterocycles. The predicted octanol–water partition coefficient (Wildman–Crippen LogP) is 4.89. The van der Waals surface area contributed by atoms with Gasteiger partial charge in [0.1, 0.15) is 12.0 Å². The summed E-state index contributed by atoms with van der Waals surface area (Å²) in [6, 6.07) is 12.9. The fourth-order valence-electron chi connectivity index (χ4n) is 3.12. The standard InChI is InChI=1S/C24H22F2N2O5.C2HF3O2/c1-2-21(24(30)31)33-23-20(26)12-19(25)22(28-23)32-18-10-14(6-7-29)8-17(11-18)16-5-3-4-15(9-16)13-27;3-2(4,5)1(6)7/h3-5,7-12,21H,2,6,13,27H2,1H3,(H,30,31);(H,6,7)/t21-;/m1./s1. The number of carboxylic acids is 2. The number of pyridine rings is 1. The number of benzene rings is 2. The third-order valence-corrected chi connectivity index (χ3v) is 5.00. The molecule has 2 aromatic carbocycles. The van der Waals surface area contributed by atoms with Crippen molar-refractivity contribution in [2.45, 2.75) is 38.6 Å². The number of aldehydes is 1. The van der Waals surface area contributed by atoms with E-state index in [0.29, 0.717) is 23.7 Å². The second-order valence-corrected chi connectivity index (χ2v) is 7.96. The third kappa shape index (κ3) is 9.01. The highest BCUT2D eigenvalue weighted by molar-refractivity contribution is 5.73. The van der Waals surface area contributed by atoms with Crippen LogP contribution in [-0.2, 0) is 27.3 Å². The lowest BCUT2D eigenvalue weighted by molar-refractivity contribution is -0.192. The minimum Gasteiger partial charge on any atom is -0.479 e. The summed E-state index contributed by atoms with van der Waals surface area (Å²) < 4.78 is 70.9. The molecule has 0 aliphatic heterocycles. The molecule has 9 nitrogen and oxygen atoms in total. The molecule has 4 N–H and O–H groups in total. The first-order chi connectivity index (χ1) is 18.8. The van der Waals surface area contributed by atoms with Gasteiger partial charge in [-0.25, -0.2) is 18.4 Å². The monoisotopic (exact) mass is 570 g/mol. The molecule has 14 heteroatoms. The van der Waals surface area contributed by atoms with E-state index in [9.17, 15) is 31.5 Å². The van der Waals surface area contributed by atoms with E-state index in [-0.39, 0.29) is 18.6 Å². The van der Waals surface area contributed by atoms with Crippen LogP contribution in [0.15, 0.2) is 48.5 Å². The van der Waals surface area contributed by atoms with Gasteiger partial charge in [-0.2, -0.15) is 18.2 Å². The van der Waals surface area contributed by atoms with Crippen molar-refractivity contribution in [2.24, 2.45) is 5.73 Å². The summed E-state index contributed by atoms with van der Waals surface area (Å²) in [5, 5.41) is 16.2. The Morgan fingerprint density at radius 1 is 1.00 bits per heavy atom. The van der Waals surface area contributed by atoms with Gasteiger partial charge >= 0.3 is 18.1 Å². The van der Waals surface area contributed by atoms with Crippen LogP contribution in [0.25, 0.3) is 11.1 Å². The quantitative estimate of drug-likeness (QED) is 0.229. The number of nitrogens with zero attached hydrogens (tertiary/aromatic N) is 1. The maximum absolute atomic E-state index is 14.4. The first-order valence-corrected chi connectivity index (χ1v) is 11.4. The minimum absolute atomic E-state index is 0.0446. The average molecular weight is 570 g/mol. The minimum atomic E-state index is -5.08. The topological polar surface area (TPSA) is 149 Å². The van der Waals surface area contributed by atoms with Crippen molar-refractivity contribution in [3.63, 3.8) is 0 Å². The number of carbonyl (C=O) groups is 3. The van der Waals surface area contributed by atoms with Crippen LogP contribution in [0.3, 0.4) is 0 Å². The van der Waals surface area contributed by atoms with Crippen LogP contribution in [0.5, 0.6) is 17.5 Å². The smallest absolute Gasteiger partial charge is 0.479 e. The number of aromatic nitrogens is 1. The van der Waals surface area contributed by atoms with Crippen molar-refractivity contribution in [3.8, 4) is 28.6 Å². The number of alkyl halides is 3.